The quantitative estimate of drug-likeness (QED) is 0.595. The number of rotatable bonds is 7. The van der Waals surface area contributed by atoms with E-state index < -0.39 is 6.10 Å². The van der Waals surface area contributed by atoms with Crippen LogP contribution in [0.2, 0.25) is 0 Å². The zero-order valence-corrected chi connectivity index (χ0v) is 17.6. The maximum absolute atomic E-state index is 12.6. The molecule has 1 aliphatic heterocycles. The predicted octanol–water partition coefficient (Wildman–Crippen LogP) is 2.65. The molecule has 9 nitrogen and oxygen atoms in total. The van der Waals surface area contributed by atoms with Gasteiger partial charge in [0.05, 0.1) is 5.69 Å². The molecule has 30 heavy (non-hydrogen) atoms. The normalized spacial score (nSPS) is 17.0. The van der Waals surface area contributed by atoms with Gasteiger partial charge in [-0.1, -0.05) is 41.7 Å². The second-order valence-corrected chi connectivity index (χ2v) is 8.01. The third-order valence-corrected chi connectivity index (χ3v) is 5.62. The Hall–Kier alpha value is -3.11. The standard InChI is InChI=1S/C20H23N7O2S/c1-13-8-9-16(24-23-13)27-11-10-15(12-27)21-19-25-26-20(30-19)22-18(28)17(29-2)14-6-4-3-5-7-14/h3-9,15,17H,10-12H2,1-2H3,(H,21,25)(H,22,26,28)/t15-,17+/m1/s1. The van der Waals surface area contributed by atoms with Crippen LogP contribution in [0.3, 0.4) is 0 Å². The monoisotopic (exact) mass is 425 g/mol. The van der Waals surface area contributed by atoms with Gasteiger partial charge in [0, 0.05) is 26.2 Å². The molecule has 0 bridgehead atoms. The van der Waals surface area contributed by atoms with Crippen molar-refractivity contribution in [3.05, 3.63) is 53.7 Å². The molecule has 0 aliphatic carbocycles. The minimum Gasteiger partial charge on any atom is -0.367 e. The molecular formula is C20H23N7O2S. The van der Waals surface area contributed by atoms with Gasteiger partial charge in [0.1, 0.15) is 0 Å². The van der Waals surface area contributed by atoms with Crippen LogP contribution >= 0.6 is 11.3 Å². The molecule has 0 unspecified atom stereocenters. The van der Waals surface area contributed by atoms with E-state index in [0.29, 0.717) is 10.3 Å². The van der Waals surface area contributed by atoms with Gasteiger partial charge in [0.15, 0.2) is 11.9 Å². The summed E-state index contributed by atoms with van der Waals surface area (Å²) in [5.74, 6) is 0.595. The Bertz CT molecular complexity index is 980. The fourth-order valence-electron chi connectivity index (χ4n) is 3.35. The summed E-state index contributed by atoms with van der Waals surface area (Å²) < 4.78 is 5.36. The van der Waals surface area contributed by atoms with Crippen molar-refractivity contribution in [1.82, 2.24) is 20.4 Å². The molecule has 10 heteroatoms. The van der Waals surface area contributed by atoms with Crippen molar-refractivity contribution in [2.45, 2.75) is 25.5 Å². The Balaban J connectivity index is 1.33. The lowest BCUT2D eigenvalue weighted by Gasteiger charge is -2.17. The number of carbonyl (C=O) groups excluding carboxylic acids is 1. The van der Waals surface area contributed by atoms with E-state index in [1.165, 1.54) is 18.4 Å². The number of methoxy groups -OCH3 is 1. The van der Waals surface area contributed by atoms with E-state index in [-0.39, 0.29) is 11.9 Å². The summed E-state index contributed by atoms with van der Waals surface area (Å²) in [6.45, 7) is 3.62. The summed E-state index contributed by atoms with van der Waals surface area (Å²) in [5, 5.41) is 23.9. The molecule has 0 saturated carbocycles. The molecule has 156 valence electrons. The average molecular weight is 426 g/mol. The molecule has 0 spiro atoms. The van der Waals surface area contributed by atoms with Crippen molar-refractivity contribution in [3.8, 4) is 0 Å². The van der Waals surface area contributed by atoms with Gasteiger partial charge in [-0.25, -0.2) is 0 Å². The predicted molar refractivity (Wildman–Crippen MR) is 116 cm³/mol. The first kappa shape index (κ1) is 20.2. The number of nitrogens with zero attached hydrogens (tertiary/aromatic N) is 5. The smallest absolute Gasteiger partial charge is 0.259 e. The molecular weight excluding hydrogens is 402 g/mol. The number of hydrogen-bond acceptors (Lipinski definition) is 9. The summed E-state index contributed by atoms with van der Waals surface area (Å²) >= 11 is 1.30. The van der Waals surface area contributed by atoms with Crippen molar-refractivity contribution in [3.63, 3.8) is 0 Å². The minimum absolute atomic E-state index is 0.223. The fraction of sp³-hybridized carbons (Fsp3) is 0.350. The number of aryl methyl sites for hydroxylation is 1. The summed E-state index contributed by atoms with van der Waals surface area (Å²) in [7, 11) is 1.51. The topological polar surface area (TPSA) is 105 Å². The van der Waals surface area contributed by atoms with Crippen LogP contribution in [0, 0.1) is 6.92 Å². The molecule has 2 N–H and O–H groups in total. The number of amides is 1. The number of anilines is 3. The maximum Gasteiger partial charge on any atom is 0.259 e. The van der Waals surface area contributed by atoms with E-state index in [0.717, 1.165) is 36.6 Å². The number of aromatic nitrogens is 4. The highest BCUT2D eigenvalue weighted by Gasteiger charge is 2.25. The van der Waals surface area contributed by atoms with Crippen molar-refractivity contribution >= 4 is 33.3 Å². The molecule has 3 heterocycles. The highest BCUT2D eigenvalue weighted by molar-refractivity contribution is 7.19. The maximum atomic E-state index is 12.6. The van der Waals surface area contributed by atoms with Gasteiger partial charge in [-0.15, -0.1) is 15.3 Å². The summed E-state index contributed by atoms with van der Waals surface area (Å²) in [5.41, 5.74) is 1.68. The van der Waals surface area contributed by atoms with E-state index >= 15 is 0 Å². The summed E-state index contributed by atoms with van der Waals surface area (Å²) in [6, 6.07) is 13.5. The first-order chi connectivity index (χ1) is 14.6. The van der Waals surface area contributed by atoms with Crippen molar-refractivity contribution in [1.29, 1.82) is 0 Å². The lowest BCUT2D eigenvalue weighted by atomic mass is 10.1. The second kappa shape index (κ2) is 9.14. The van der Waals surface area contributed by atoms with Crippen LogP contribution in [0.1, 0.15) is 23.8 Å². The van der Waals surface area contributed by atoms with Crippen molar-refractivity contribution in [2.24, 2.45) is 0 Å². The van der Waals surface area contributed by atoms with E-state index in [2.05, 4.69) is 35.9 Å². The first-order valence-corrected chi connectivity index (χ1v) is 10.5. The molecule has 2 atom stereocenters. The molecule has 1 fully saturated rings. The second-order valence-electron chi connectivity index (χ2n) is 7.04. The number of benzene rings is 1. The van der Waals surface area contributed by atoms with E-state index in [1.54, 1.807) is 0 Å². The van der Waals surface area contributed by atoms with Crippen LogP contribution in [-0.2, 0) is 9.53 Å². The van der Waals surface area contributed by atoms with E-state index in [9.17, 15) is 4.79 Å². The van der Waals surface area contributed by atoms with Crippen molar-refractivity contribution < 1.29 is 9.53 Å². The lowest BCUT2D eigenvalue weighted by molar-refractivity contribution is -0.126. The molecule has 0 radical (unpaired) electrons. The van der Waals surface area contributed by atoms with Crippen LogP contribution in [0.5, 0.6) is 0 Å². The number of ether oxygens (including phenoxy) is 1. The Labute approximate surface area is 178 Å². The largest absolute Gasteiger partial charge is 0.367 e. The highest BCUT2D eigenvalue weighted by Crippen LogP contribution is 2.26. The van der Waals surface area contributed by atoms with Gasteiger partial charge in [-0.05, 0) is 31.0 Å². The molecule has 1 aromatic carbocycles. The summed E-state index contributed by atoms with van der Waals surface area (Å²) in [6.07, 6.45) is 0.252. The summed E-state index contributed by atoms with van der Waals surface area (Å²) in [4.78, 5) is 14.8. The van der Waals surface area contributed by atoms with Gasteiger partial charge >= 0.3 is 0 Å². The van der Waals surface area contributed by atoms with Gasteiger partial charge in [0.25, 0.3) is 5.91 Å². The Morgan fingerprint density at radius 2 is 1.93 bits per heavy atom. The number of hydrogen-bond donors (Lipinski definition) is 2. The van der Waals surface area contributed by atoms with Crippen LogP contribution in [-0.4, -0.2) is 52.5 Å². The zero-order valence-electron chi connectivity index (χ0n) is 16.8. The fourth-order valence-corrected chi connectivity index (χ4v) is 4.07. The first-order valence-electron chi connectivity index (χ1n) is 9.66. The minimum atomic E-state index is -0.703. The lowest BCUT2D eigenvalue weighted by Crippen LogP contribution is -2.26. The zero-order chi connectivity index (χ0) is 20.9. The van der Waals surface area contributed by atoms with Gasteiger partial charge < -0.3 is 15.0 Å². The molecule has 1 amide bonds. The van der Waals surface area contributed by atoms with Crippen molar-refractivity contribution in [2.75, 3.05) is 35.7 Å². The van der Waals surface area contributed by atoms with Crippen LogP contribution in [0.15, 0.2) is 42.5 Å². The molecule has 2 aromatic heterocycles. The third-order valence-electron chi connectivity index (χ3n) is 4.85. The van der Waals surface area contributed by atoms with Crippen LogP contribution in [0.4, 0.5) is 16.1 Å². The van der Waals surface area contributed by atoms with Gasteiger partial charge in [-0.3, -0.25) is 10.1 Å². The third kappa shape index (κ3) is 4.71. The number of nitrogens with one attached hydrogen (secondary N) is 2. The Morgan fingerprint density at radius 1 is 1.13 bits per heavy atom. The average Bonchev–Trinajstić information content (AvgIpc) is 3.40. The molecule has 4 rings (SSSR count). The Morgan fingerprint density at radius 3 is 2.67 bits per heavy atom. The van der Waals surface area contributed by atoms with E-state index in [1.807, 2.05) is 49.4 Å². The SMILES string of the molecule is CO[C@H](C(=O)Nc1nnc(N[C@@H]2CCN(c3ccc(C)nn3)C2)s1)c1ccccc1. The molecule has 3 aromatic rings. The van der Waals surface area contributed by atoms with E-state index in [4.69, 9.17) is 4.74 Å². The van der Waals surface area contributed by atoms with Crippen LogP contribution < -0.4 is 15.5 Å². The van der Waals surface area contributed by atoms with Gasteiger partial charge in [-0.2, -0.15) is 5.10 Å². The molecule has 1 saturated heterocycles. The molecule has 1 aliphatic rings. The van der Waals surface area contributed by atoms with Crippen LogP contribution in [0.25, 0.3) is 0 Å². The van der Waals surface area contributed by atoms with Gasteiger partial charge in [0.2, 0.25) is 10.3 Å². The highest BCUT2D eigenvalue weighted by atomic mass is 32.1. The number of carbonyl (C=O) groups is 1. The Kier molecular flexibility index (Phi) is 6.15.